The van der Waals surface area contributed by atoms with Crippen LogP contribution in [0, 0.1) is 5.92 Å². The molecule has 5 rings (SSSR count). The minimum absolute atomic E-state index is 0.114. The van der Waals surface area contributed by atoms with Gasteiger partial charge in [-0.15, -0.1) is 21.5 Å². The number of nitrogens with zero attached hydrogens (tertiary/aromatic N) is 4. The van der Waals surface area contributed by atoms with Crippen molar-refractivity contribution in [3.05, 3.63) is 28.4 Å². The molecule has 3 fully saturated rings. The quantitative estimate of drug-likeness (QED) is 0.856. The zero-order valence-electron chi connectivity index (χ0n) is 12.3. The van der Waals surface area contributed by atoms with Crippen molar-refractivity contribution >= 4 is 11.3 Å². The van der Waals surface area contributed by atoms with E-state index in [4.69, 9.17) is 9.15 Å². The van der Waals surface area contributed by atoms with E-state index in [1.54, 1.807) is 11.3 Å². The van der Waals surface area contributed by atoms with Gasteiger partial charge in [0.1, 0.15) is 5.01 Å². The van der Waals surface area contributed by atoms with E-state index in [1.807, 2.05) is 11.6 Å². The normalized spacial score (nSPS) is 31.7. The van der Waals surface area contributed by atoms with E-state index in [-0.39, 0.29) is 5.41 Å². The van der Waals surface area contributed by atoms with E-state index >= 15 is 0 Å². The summed E-state index contributed by atoms with van der Waals surface area (Å²) in [6, 6.07) is 0. The first-order chi connectivity index (χ1) is 10.8. The molecule has 2 aromatic heterocycles. The first-order valence-electron chi connectivity index (χ1n) is 7.86. The fourth-order valence-electron chi connectivity index (χ4n) is 3.72. The van der Waals surface area contributed by atoms with Crippen molar-refractivity contribution in [2.75, 3.05) is 26.3 Å². The van der Waals surface area contributed by atoms with Gasteiger partial charge in [-0.2, -0.15) is 0 Å². The molecule has 0 N–H and O–H groups in total. The largest absolute Gasteiger partial charge is 0.424 e. The summed E-state index contributed by atoms with van der Waals surface area (Å²) in [4.78, 5) is 6.85. The molecule has 2 saturated heterocycles. The SMILES string of the molecule is c1csc(CN2C[C@@H]3COC[C@]3(c3nnc(C4CC4)o3)C2)n1. The average Bonchev–Trinajstić information content (AvgIpc) is 2.93. The smallest absolute Gasteiger partial charge is 0.226 e. The topological polar surface area (TPSA) is 64.3 Å². The van der Waals surface area contributed by atoms with Crippen LogP contribution in [0.4, 0.5) is 0 Å². The molecule has 7 heteroatoms. The summed E-state index contributed by atoms with van der Waals surface area (Å²) in [5.41, 5.74) is -0.114. The Kier molecular flexibility index (Phi) is 2.90. The van der Waals surface area contributed by atoms with Gasteiger partial charge in [0.25, 0.3) is 0 Å². The highest BCUT2D eigenvalue weighted by atomic mass is 32.1. The summed E-state index contributed by atoms with van der Waals surface area (Å²) in [7, 11) is 0. The fraction of sp³-hybridized carbons (Fsp3) is 0.667. The van der Waals surface area contributed by atoms with Gasteiger partial charge in [-0.3, -0.25) is 4.90 Å². The standard InChI is InChI=1S/C15H18N4O2S/c1-2-10(1)13-17-18-14(21-13)15-8-19(5-11(15)7-20-9-15)6-12-16-3-4-22-12/h3-4,10-11H,1-2,5-9H2/t11-,15-/m1/s1. The van der Waals surface area contributed by atoms with Crippen molar-refractivity contribution in [1.29, 1.82) is 0 Å². The van der Waals surface area contributed by atoms with Gasteiger partial charge in [0.15, 0.2) is 0 Å². The summed E-state index contributed by atoms with van der Waals surface area (Å²) < 4.78 is 11.8. The molecule has 4 heterocycles. The molecule has 2 aromatic rings. The minimum Gasteiger partial charge on any atom is -0.424 e. The van der Waals surface area contributed by atoms with Gasteiger partial charge in [-0.25, -0.2) is 4.98 Å². The van der Waals surface area contributed by atoms with Crippen LogP contribution in [0.25, 0.3) is 0 Å². The van der Waals surface area contributed by atoms with Crippen LogP contribution in [0.2, 0.25) is 0 Å². The minimum atomic E-state index is -0.114. The van der Waals surface area contributed by atoms with Crippen molar-refractivity contribution in [2.45, 2.75) is 30.7 Å². The molecule has 0 spiro atoms. The lowest BCUT2D eigenvalue weighted by Gasteiger charge is -2.22. The van der Waals surface area contributed by atoms with Crippen molar-refractivity contribution in [1.82, 2.24) is 20.1 Å². The number of aromatic nitrogens is 3. The molecular formula is C15H18N4O2S. The summed E-state index contributed by atoms with van der Waals surface area (Å²) in [6.07, 6.45) is 4.24. The molecule has 0 radical (unpaired) electrons. The summed E-state index contributed by atoms with van der Waals surface area (Å²) in [5, 5.41) is 11.9. The Morgan fingerprint density at radius 1 is 1.36 bits per heavy atom. The molecular weight excluding hydrogens is 300 g/mol. The molecule has 0 bridgehead atoms. The van der Waals surface area contributed by atoms with E-state index in [1.165, 1.54) is 17.8 Å². The maximum absolute atomic E-state index is 6.04. The lowest BCUT2D eigenvalue weighted by Crippen LogP contribution is -2.35. The van der Waals surface area contributed by atoms with E-state index in [2.05, 4.69) is 20.1 Å². The third-order valence-electron chi connectivity index (χ3n) is 5.08. The Hall–Kier alpha value is -1.31. The van der Waals surface area contributed by atoms with E-state index in [0.717, 1.165) is 38.0 Å². The molecule has 0 amide bonds. The highest BCUT2D eigenvalue weighted by molar-refractivity contribution is 7.09. The number of likely N-dealkylation sites (tertiary alicyclic amines) is 1. The Balaban J connectivity index is 1.41. The first-order valence-corrected chi connectivity index (χ1v) is 8.74. The van der Waals surface area contributed by atoms with Crippen molar-refractivity contribution in [2.24, 2.45) is 5.92 Å². The molecule has 22 heavy (non-hydrogen) atoms. The maximum Gasteiger partial charge on any atom is 0.226 e. The van der Waals surface area contributed by atoms with Crippen LogP contribution in [0.3, 0.4) is 0 Å². The number of fused-ring (bicyclic) bond motifs is 1. The predicted molar refractivity (Wildman–Crippen MR) is 79.7 cm³/mol. The lowest BCUT2D eigenvalue weighted by molar-refractivity contribution is 0.140. The number of thiazole rings is 1. The highest BCUT2D eigenvalue weighted by Crippen LogP contribution is 2.46. The fourth-order valence-corrected chi connectivity index (χ4v) is 4.37. The second-order valence-corrected chi connectivity index (χ2v) is 7.66. The molecule has 0 aromatic carbocycles. The van der Waals surface area contributed by atoms with Crippen LogP contribution in [-0.2, 0) is 16.7 Å². The van der Waals surface area contributed by atoms with Gasteiger partial charge < -0.3 is 9.15 Å². The van der Waals surface area contributed by atoms with E-state index < -0.39 is 0 Å². The molecule has 2 aliphatic heterocycles. The molecule has 0 unspecified atom stereocenters. The number of rotatable bonds is 4. The second-order valence-electron chi connectivity index (χ2n) is 6.68. The zero-order valence-corrected chi connectivity index (χ0v) is 13.1. The molecule has 2 atom stereocenters. The van der Waals surface area contributed by atoms with Gasteiger partial charge in [-0.05, 0) is 12.8 Å². The Morgan fingerprint density at radius 2 is 2.32 bits per heavy atom. The van der Waals surface area contributed by atoms with E-state index in [0.29, 0.717) is 18.4 Å². The third-order valence-corrected chi connectivity index (χ3v) is 5.84. The van der Waals surface area contributed by atoms with Crippen LogP contribution in [0.1, 0.15) is 35.5 Å². The average molecular weight is 318 g/mol. The number of hydrogen-bond donors (Lipinski definition) is 0. The highest BCUT2D eigenvalue weighted by Gasteiger charge is 2.55. The molecule has 1 aliphatic carbocycles. The van der Waals surface area contributed by atoms with Crippen LogP contribution >= 0.6 is 11.3 Å². The Morgan fingerprint density at radius 3 is 3.14 bits per heavy atom. The maximum atomic E-state index is 6.04. The van der Waals surface area contributed by atoms with Gasteiger partial charge in [0.2, 0.25) is 11.8 Å². The first kappa shape index (κ1) is 13.2. The van der Waals surface area contributed by atoms with Crippen LogP contribution in [-0.4, -0.2) is 46.4 Å². The van der Waals surface area contributed by atoms with Crippen molar-refractivity contribution < 1.29 is 9.15 Å². The van der Waals surface area contributed by atoms with Gasteiger partial charge >= 0.3 is 0 Å². The number of hydrogen-bond acceptors (Lipinski definition) is 7. The lowest BCUT2D eigenvalue weighted by atomic mass is 9.81. The molecule has 116 valence electrons. The molecule has 1 saturated carbocycles. The molecule has 6 nitrogen and oxygen atoms in total. The summed E-state index contributed by atoms with van der Waals surface area (Å²) >= 11 is 1.71. The van der Waals surface area contributed by atoms with Crippen LogP contribution < -0.4 is 0 Å². The van der Waals surface area contributed by atoms with Gasteiger partial charge in [0, 0.05) is 36.5 Å². The Bertz CT molecular complexity index is 669. The third kappa shape index (κ3) is 2.03. The second kappa shape index (κ2) is 4.84. The van der Waals surface area contributed by atoms with Crippen LogP contribution in [0.15, 0.2) is 16.0 Å². The Labute approximate surface area is 132 Å². The summed E-state index contributed by atoms with van der Waals surface area (Å²) in [5.74, 6) is 2.57. The van der Waals surface area contributed by atoms with Crippen molar-refractivity contribution in [3.8, 4) is 0 Å². The monoisotopic (exact) mass is 318 g/mol. The molecule has 3 aliphatic rings. The predicted octanol–water partition coefficient (Wildman–Crippen LogP) is 1.80. The zero-order chi connectivity index (χ0) is 14.6. The summed E-state index contributed by atoms with van der Waals surface area (Å²) in [6.45, 7) is 4.32. The van der Waals surface area contributed by atoms with Crippen LogP contribution in [0.5, 0.6) is 0 Å². The van der Waals surface area contributed by atoms with E-state index in [9.17, 15) is 0 Å². The van der Waals surface area contributed by atoms with Gasteiger partial charge in [-0.1, -0.05) is 0 Å². The van der Waals surface area contributed by atoms with Crippen molar-refractivity contribution in [3.63, 3.8) is 0 Å². The van der Waals surface area contributed by atoms with Gasteiger partial charge in [0.05, 0.1) is 25.2 Å². The number of ether oxygens (including phenoxy) is 1.